The molecule has 2 aromatic carbocycles. The number of carbonyl (C=O) groups is 1. The largest absolute Gasteiger partial charge is 0.371 e. The van der Waals surface area contributed by atoms with Gasteiger partial charge in [0.05, 0.1) is 5.54 Å². The van der Waals surface area contributed by atoms with Crippen LogP contribution in [0, 0.1) is 5.92 Å². The second-order valence-corrected chi connectivity index (χ2v) is 12.0. The van der Waals surface area contributed by atoms with Crippen molar-refractivity contribution in [3.05, 3.63) is 66.2 Å². The zero-order valence-corrected chi connectivity index (χ0v) is 22.1. The van der Waals surface area contributed by atoms with Crippen LogP contribution in [-0.2, 0) is 5.54 Å². The first-order chi connectivity index (χ1) is 17.5. The van der Waals surface area contributed by atoms with Crippen molar-refractivity contribution >= 4 is 11.7 Å². The molecular formula is C31H42N4O. The number of rotatable bonds is 6. The van der Waals surface area contributed by atoms with E-state index in [1.165, 1.54) is 24.1 Å². The van der Waals surface area contributed by atoms with Crippen LogP contribution in [0.4, 0.5) is 10.5 Å². The molecule has 2 aliphatic carbocycles. The van der Waals surface area contributed by atoms with Crippen LogP contribution in [0.5, 0.6) is 0 Å². The third-order valence-corrected chi connectivity index (χ3v) is 9.85. The zero-order valence-electron chi connectivity index (χ0n) is 22.1. The van der Waals surface area contributed by atoms with E-state index < -0.39 is 0 Å². The van der Waals surface area contributed by atoms with E-state index >= 15 is 0 Å². The van der Waals surface area contributed by atoms with E-state index in [1.807, 2.05) is 0 Å². The highest BCUT2D eigenvalue weighted by Crippen LogP contribution is 2.50. The maximum absolute atomic E-state index is 14.0. The molecule has 1 spiro atoms. The standard InChI is InChI=1S/C31H42N4O/c1-32(2)31(26-9-5-3-6-10-26)19-17-30(18-20-31)24-34(29(36)35(30)23-25-13-14-25)28-15-21-33(22-16-28)27-11-7-4-8-12-27/h3-12,25,28H,13-24H2,1-2H3. The SMILES string of the molecule is CN(C)C1(c2ccccc2)CCC2(CC1)CN(C1CCN(c3ccccc3)CC1)C(=O)N2CC1CC1. The Balaban J connectivity index is 1.20. The summed E-state index contributed by atoms with van der Waals surface area (Å²) >= 11 is 0. The highest BCUT2D eigenvalue weighted by molar-refractivity contribution is 5.79. The monoisotopic (exact) mass is 486 g/mol. The van der Waals surface area contributed by atoms with Crippen molar-refractivity contribution in [1.29, 1.82) is 0 Å². The van der Waals surface area contributed by atoms with Gasteiger partial charge in [-0.15, -0.1) is 0 Å². The van der Waals surface area contributed by atoms with Crippen LogP contribution in [-0.4, -0.2) is 72.6 Å². The summed E-state index contributed by atoms with van der Waals surface area (Å²) in [7, 11) is 4.47. The third-order valence-electron chi connectivity index (χ3n) is 9.85. The molecule has 0 unspecified atom stereocenters. The lowest BCUT2D eigenvalue weighted by Gasteiger charge is -2.51. The summed E-state index contributed by atoms with van der Waals surface area (Å²) in [6.45, 7) is 3.96. The van der Waals surface area contributed by atoms with Crippen LogP contribution >= 0.6 is 0 Å². The van der Waals surface area contributed by atoms with E-state index in [0.29, 0.717) is 12.1 Å². The summed E-state index contributed by atoms with van der Waals surface area (Å²) in [5.74, 6) is 0.723. The van der Waals surface area contributed by atoms with Gasteiger partial charge in [0.2, 0.25) is 0 Å². The summed E-state index contributed by atoms with van der Waals surface area (Å²) in [6.07, 6.45) is 9.13. The Morgan fingerprint density at radius 2 is 1.44 bits per heavy atom. The number of anilines is 1. The van der Waals surface area contributed by atoms with Crippen molar-refractivity contribution in [3.63, 3.8) is 0 Å². The summed E-state index contributed by atoms with van der Waals surface area (Å²) in [5.41, 5.74) is 2.80. The van der Waals surface area contributed by atoms with Crippen molar-refractivity contribution in [2.45, 2.75) is 68.5 Å². The molecule has 4 aliphatic rings. The Morgan fingerprint density at radius 1 is 0.833 bits per heavy atom. The number of piperidine rings is 1. The predicted octanol–water partition coefficient (Wildman–Crippen LogP) is 5.57. The van der Waals surface area contributed by atoms with Gasteiger partial charge < -0.3 is 14.7 Å². The first kappa shape index (κ1) is 23.8. The van der Waals surface area contributed by atoms with Crippen LogP contribution in [0.15, 0.2) is 60.7 Å². The lowest BCUT2D eigenvalue weighted by atomic mass is 9.68. The van der Waals surface area contributed by atoms with Gasteiger partial charge in [-0.1, -0.05) is 48.5 Å². The van der Waals surface area contributed by atoms with Crippen LogP contribution in [0.25, 0.3) is 0 Å². The molecule has 36 heavy (non-hydrogen) atoms. The third kappa shape index (κ3) is 4.19. The van der Waals surface area contributed by atoms with Crippen molar-refractivity contribution in [1.82, 2.24) is 14.7 Å². The number of nitrogens with zero attached hydrogens (tertiary/aromatic N) is 4. The number of carbonyl (C=O) groups excluding carboxylic acids is 1. The fourth-order valence-electron chi connectivity index (χ4n) is 7.32. The molecule has 2 aromatic rings. The van der Waals surface area contributed by atoms with E-state index in [2.05, 4.69) is 94.4 Å². The van der Waals surface area contributed by atoms with Crippen LogP contribution in [0.3, 0.4) is 0 Å². The maximum Gasteiger partial charge on any atom is 0.320 e. The number of hydrogen-bond acceptors (Lipinski definition) is 3. The van der Waals surface area contributed by atoms with Gasteiger partial charge in [0.1, 0.15) is 0 Å². The molecule has 0 N–H and O–H groups in total. The molecule has 2 aliphatic heterocycles. The number of urea groups is 1. The summed E-state index contributed by atoms with van der Waals surface area (Å²) in [6, 6.07) is 22.5. The summed E-state index contributed by atoms with van der Waals surface area (Å²) < 4.78 is 0. The minimum atomic E-state index is 0.00449. The van der Waals surface area contributed by atoms with Gasteiger partial charge in [-0.3, -0.25) is 4.90 Å². The minimum absolute atomic E-state index is 0.00449. The van der Waals surface area contributed by atoms with E-state index in [1.54, 1.807) is 0 Å². The molecule has 2 saturated heterocycles. The highest BCUT2D eigenvalue weighted by atomic mass is 16.2. The molecular weight excluding hydrogens is 444 g/mol. The van der Waals surface area contributed by atoms with E-state index in [-0.39, 0.29) is 11.1 Å². The van der Waals surface area contributed by atoms with E-state index in [4.69, 9.17) is 0 Å². The van der Waals surface area contributed by atoms with Crippen molar-refractivity contribution in [3.8, 4) is 0 Å². The van der Waals surface area contributed by atoms with E-state index in [9.17, 15) is 4.79 Å². The average molecular weight is 487 g/mol. The van der Waals surface area contributed by atoms with Crippen molar-refractivity contribution in [2.75, 3.05) is 45.2 Å². The summed E-state index contributed by atoms with van der Waals surface area (Å²) in [4.78, 5) is 23.6. The lowest BCUT2D eigenvalue weighted by Crippen LogP contribution is -2.55. The number of para-hydroxylation sites is 1. The maximum atomic E-state index is 14.0. The predicted molar refractivity (Wildman–Crippen MR) is 146 cm³/mol. The minimum Gasteiger partial charge on any atom is -0.371 e. The molecule has 2 amide bonds. The Morgan fingerprint density at radius 3 is 2.03 bits per heavy atom. The Hall–Kier alpha value is -2.53. The normalized spacial score (nSPS) is 29.5. The lowest BCUT2D eigenvalue weighted by molar-refractivity contribution is 0.0226. The molecule has 2 heterocycles. The highest BCUT2D eigenvalue weighted by Gasteiger charge is 2.56. The van der Waals surface area contributed by atoms with Gasteiger partial charge in [0, 0.05) is 43.4 Å². The second-order valence-electron chi connectivity index (χ2n) is 12.0. The molecule has 5 nitrogen and oxygen atoms in total. The Labute approximate surface area is 217 Å². The topological polar surface area (TPSA) is 30.0 Å². The van der Waals surface area contributed by atoms with Gasteiger partial charge in [-0.05, 0) is 89.1 Å². The van der Waals surface area contributed by atoms with Gasteiger partial charge in [-0.25, -0.2) is 4.79 Å². The van der Waals surface area contributed by atoms with Gasteiger partial charge in [-0.2, -0.15) is 0 Å². The van der Waals surface area contributed by atoms with Crippen molar-refractivity contribution in [2.24, 2.45) is 5.92 Å². The van der Waals surface area contributed by atoms with E-state index in [0.717, 1.165) is 70.6 Å². The first-order valence-electron chi connectivity index (χ1n) is 14.1. The fraction of sp³-hybridized carbons (Fsp3) is 0.581. The quantitative estimate of drug-likeness (QED) is 0.534. The summed E-state index contributed by atoms with van der Waals surface area (Å²) in [5, 5.41) is 0. The molecule has 0 bridgehead atoms. The number of benzene rings is 2. The molecule has 0 aromatic heterocycles. The Kier molecular flexibility index (Phi) is 6.23. The molecule has 4 fully saturated rings. The molecule has 5 heteroatoms. The van der Waals surface area contributed by atoms with Crippen molar-refractivity contribution < 1.29 is 4.79 Å². The van der Waals surface area contributed by atoms with Gasteiger partial charge >= 0.3 is 6.03 Å². The zero-order chi connectivity index (χ0) is 24.8. The molecule has 0 radical (unpaired) electrons. The molecule has 0 atom stereocenters. The smallest absolute Gasteiger partial charge is 0.320 e. The average Bonchev–Trinajstić information content (AvgIpc) is 3.72. The van der Waals surface area contributed by atoms with Gasteiger partial charge in [0.15, 0.2) is 0 Å². The van der Waals surface area contributed by atoms with Crippen LogP contribution in [0.2, 0.25) is 0 Å². The van der Waals surface area contributed by atoms with Crippen LogP contribution < -0.4 is 4.90 Å². The van der Waals surface area contributed by atoms with Crippen LogP contribution in [0.1, 0.15) is 56.9 Å². The second kappa shape index (κ2) is 9.41. The van der Waals surface area contributed by atoms with Gasteiger partial charge in [0.25, 0.3) is 0 Å². The molecule has 6 rings (SSSR count). The fourth-order valence-corrected chi connectivity index (χ4v) is 7.32. The number of amides is 2. The first-order valence-corrected chi connectivity index (χ1v) is 14.1. The Bertz CT molecular complexity index is 1030. The molecule has 192 valence electrons. The molecule has 2 saturated carbocycles. The number of hydrogen-bond donors (Lipinski definition) is 0.